The largest absolute Gasteiger partial charge is 0.465 e. The van der Waals surface area contributed by atoms with Crippen LogP contribution in [0.3, 0.4) is 0 Å². The van der Waals surface area contributed by atoms with E-state index in [1.54, 1.807) is 13.8 Å². The highest BCUT2D eigenvalue weighted by Gasteiger charge is 2.28. The summed E-state index contributed by atoms with van der Waals surface area (Å²) in [4.78, 5) is 23.5. The van der Waals surface area contributed by atoms with E-state index < -0.39 is 19.5 Å². The summed E-state index contributed by atoms with van der Waals surface area (Å²) in [7, 11) is -0.944. The molecule has 0 unspecified atom stereocenters. The van der Waals surface area contributed by atoms with Crippen molar-refractivity contribution in [2.75, 3.05) is 27.4 Å². The monoisotopic (exact) mass is 344 g/mol. The van der Waals surface area contributed by atoms with Gasteiger partial charge in [0.25, 0.3) is 0 Å². The Morgan fingerprint density at radius 3 is 2.04 bits per heavy atom. The molecule has 0 aliphatic rings. The van der Waals surface area contributed by atoms with Gasteiger partial charge in [-0.25, -0.2) is 9.59 Å². The summed E-state index contributed by atoms with van der Waals surface area (Å²) in [6, 6.07) is 4.30. The minimum Gasteiger partial charge on any atom is -0.465 e. The molecule has 0 saturated carbocycles. The molecule has 0 aliphatic heterocycles. The lowest BCUT2D eigenvalue weighted by Gasteiger charge is -2.18. The topological polar surface area (TPSA) is 88.1 Å². The highest BCUT2D eigenvalue weighted by molar-refractivity contribution is 7.53. The summed E-state index contributed by atoms with van der Waals surface area (Å²) in [5.74, 6) is -1.17. The first-order valence-electron chi connectivity index (χ1n) is 7.08. The third-order valence-corrected chi connectivity index (χ3v) is 4.98. The Morgan fingerprint density at radius 2 is 1.57 bits per heavy atom. The Morgan fingerprint density at radius 1 is 1.00 bits per heavy atom. The SMILES string of the molecule is CCOP(=O)(Cc1cc(C(=O)OC)ccc1C(=O)OC)OCC. The first-order valence-corrected chi connectivity index (χ1v) is 8.81. The molecule has 0 saturated heterocycles. The summed E-state index contributed by atoms with van der Waals surface area (Å²) in [5.41, 5.74) is 0.763. The van der Waals surface area contributed by atoms with E-state index in [9.17, 15) is 14.2 Å². The highest BCUT2D eigenvalue weighted by Crippen LogP contribution is 2.51. The predicted octanol–water partition coefficient (Wildman–Crippen LogP) is 3.03. The second-order valence-electron chi connectivity index (χ2n) is 4.46. The number of rotatable bonds is 8. The molecule has 0 atom stereocenters. The smallest absolute Gasteiger partial charge is 0.338 e. The van der Waals surface area contributed by atoms with Crippen LogP contribution in [-0.2, 0) is 29.2 Å². The Bertz CT molecular complexity index is 602. The summed E-state index contributed by atoms with van der Waals surface area (Å²) >= 11 is 0. The lowest BCUT2D eigenvalue weighted by atomic mass is 10.1. The van der Waals surface area contributed by atoms with Crippen LogP contribution in [0.5, 0.6) is 0 Å². The van der Waals surface area contributed by atoms with Crippen LogP contribution in [0.4, 0.5) is 0 Å². The molecule has 0 aliphatic carbocycles. The molecule has 0 fully saturated rings. The number of carbonyl (C=O) groups excluding carboxylic acids is 2. The first-order chi connectivity index (χ1) is 10.9. The van der Waals surface area contributed by atoms with Gasteiger partial charge in [0.1, 0.15) is 0 Å². The van der Waals surface area contributed by atoms with E-state index >= 15 is 0 Å². The van der Waals surface area contributed by atoms with Crippen molar-refractivity contribution in [1.82, 2.24) is 0 Å². The third-order valence-electron chi connectivity index (χ3n) is 2.95. The van der Waals surface area contributed by atoms with Crippen molar-refractivity contribution in [1.29, 1.82) is 0 Å². The van der Waals surface area contributed by atoms with Crippen molar-refractivity contribution in [3.8, 4) is 0 Å². The lowest BCUT2D eigenvalue weighted by molar-refractivity contribution is 0.0585. The highest BCUT2D eigenvalue weighted by atomic mass is 31.2. The molecule has 0 spiro atoms. The van der Waals surface area contributed by atoms with Gasteiger partial charge < -0.3 is 18.5 Å². The van der Waals surface area contributed by atoms with Gasteiger partial charge in [-0.15, -0.1) is 0 Å². The molecule has 7 nitrogen and oxygen atoms in total. The van der Waals surface area contributed by atoms with Crippen LogP contribution in [0, 0.1) is 0 Å². The van der Waals surface area contributed by atoms with Crippen LogP contribution in [0.25, 0.3) is 0 Å². The summed E-state index contributed by atoms with van der Waals surface area (Å²) in [5, 5.41) is 0. The van der Waals surface area contributed by atoms with Crippen molar-refractivity contribution >= 4 is 19.5 Å². The van der Waals surface area contributed by atoms with Gasteiger partial charge in [-0.05, 0) is 37.6 Å². The van der Waals surface area contributed by atoms with Gasteiger partial charge in [-0.2, -0.15) is 0 Å². The fraction of sp³-hybridized carbons (Fsp3) is 0.467. The lowest BCUT2D eigenvalue weighted by Crippen LogP contribution is -2.10. The van der Waals surface area contributed by atoms with Crippen LogP contribution in [-0.4, -0.2) is 39.4 Å². The zero-order valence-electron chi connectivity index (χ0n) is 13.7. The van der Waals surface area contributed by atoms with Gasteiger partial charge in [0.2, 0.25) is 0 Å². The van der Waals surface area contributed by atoms with E-state index in [1.807, 2.05) is 0 Å². The number of methoxy groups -OCH3 is 2. The summed E-state index contributed by atoms with van der Waals surface area (Å²) in [6.45, 7) is 3.78. The standard InChI is InChI=1S/C15H21O7P/c1-5-21-23(18,22-6-2)10-12-9-11(14(16)19-3)7-8-13(12)15(17)20-4/h7-9H,5-6,10H2,1-4H3. The van der Waals surface area contributed by atoms with Crippen molar-refractivity contribution in [2.24, 2.45) is 0 Å². The van der Waals surface area contributed by atoms with Crippen molar-refractivity contribution < 1.29 is 32.7 Å². The van der Waals surface area contributed by atoms with Crippen LogP contribution < -0.4 is 0 Å². The Labute approximate surface area is 135 Å². The Hall–Kier alpha value is -1.69. The quantitative estimate of drug-likeness (QED) is 0.529. The van der Waals surface area contributed by atoms with E-state index in [2.05, 4.69) is 4.74 Å². The minimum absolute atomic E-state index is 0.149. The van der Waals surface area contributed by atoms with Crippen LogP contribution in [0.1, 0.15) is 40.1 Å². The number of hydrogen-bond donors (Lipinski definition) is 0. The molecular weight excluding hydrogens is 323 g/mol. The van der Waals surface area contributed by atoms with E-state index in [1.165, 1.54) is 32.4 Å². The van der Waals surface area contributed by atoms with Crippen LogP contribution >= 0.6 is 7.60 Å². The average molecular weight is 344 g/mol. The van der Waals surface area contributed by atoms with Crippen LogP contribution in [0.2, 0.25) is 0 Å². The van der Waals surface area contributed by atoms with Gasteiger partial charge in [0.05, 0.1) is 44.7 Å². The van der Waals surface area contributed by atoms with E-state index in [0.29, 0.717) is 5.56 Å². The zero-order valence-corrected chi connectivity index (χ0v) is 14.6. The Balaban J connectivity index is 3.30. The predicted molar refractivity (Wildman–Crippen MR) is 83.7 cm³/mol. The molecule has 0 heterocycles. The van der Waals surface area contributed by atoms with Crippen molar-refractivity contribution in [3.05, 3.63) is 34.9 Å². The van der Waals surface area contributed by atoms with Gasteiger partial charge in [0, 0.05) is 0 Å². The molecule has 8 heteroatoms. The minimum atomic E-state index is -3.44. The molecule has 0 aromatic heterocycles. The van der Waals surface area contributed by atoms with Gasteiger partial charge in [-0.3, -0.25) is 4.57 Å². The maximum Gasteiger partial charge on any atom is 0.338 e. The zero-order chi connectivity index (χ0) is 17.5. The second kappa shape index (κ2) is 8.82. The first kappa shape index (κ1) is 19.4. The van der Waals surface area contributed by atoms with Crippen molar-refractivity contribution in [3.63, 3.8) is 0 Å². The van der Waals surface area contributed by atoms with E-state index in [4.69, 9.17) is 13.8 Å². The third kappa shape index (κ3) is 5.16. The van der Waals surface area contributed by atoms with Gasteiger partial charge in [-0.1, -0.05) is 0 Å². The van der Waals surface area contributed by atoms with Gasteiger partial charge in [0.15, 0.2) is 0 Å². The summed E-state index contributed by atoms with van der Waals surface area (Å²) < 4.78 is 32.5. The second-order valence-corrected chi connectivity index (χ2v) is 6.51. The maximum atomic E-state index is 12.7. The number of carbonyl (C=O) groups is 2. The molecule has 128 valence electrons. The van der Waals surface area contributed by atoms with E-state index in [-0.39, 0.29) is 30.5 Å². The maximum absolute atomic E-state index is 12.7. The van der Waals surface area contributed by atoms with Crippen LogP contribution in [0.15, 0.2) is 18.2 Å². The van der Waals surface area contributed by atoms with Gasteiger partial charge >= 0.3 is 19.5 Å². The summed E-state index contributed by atoms with van der Waals surface area (Å²) in [6.07, 6.45) is -0.149. The molecule has 0 N–H and O–H groups in total. The Kier molecular flexibility index (Phi) is 7.42. The fourth-order valence-electron chi connectivity index (χ4n) is 2.01. The molecular formula is C15H21O7P. The number of esters is 2. The molecule has 1 aromatic rings. The fourth-order valence-corrected chi connectivity index (χ4v) is 3.73. The average Bonchev–Trinajstić information content (AvgIpc) is 2.53. The van der Waals surface area contributed by atoms with E-state index in [0.717, 1.165) is 0 Å². The molecule has 1 rings (SSSR count). The number of hydrogen-bond acceptors (Lipinski definition) is 7. The van der Waals surface area contributed by atoms with Crippen molar-refractivity contribution in [2.45, 2.75) is 20.0 Å². The molecule has 1 aromatic carbocycles. The molecule has 0 amide bonds. The molecule has 0 radical (unpaired) electrons. The molecule has 0 bridgehead atoms. The molecule has 23 heavy (non-hydrogen) atoms. The number of ether oxygens (including phenoxy) is 2. The number of benzene rings is 1. The normalized spacial score (nSPS) is 11.1.